The fraction of sp³-hybridized carbons (Fsp3) is 0.0909. The van der Waals surface area contributed by atoms with Gasteiger partial charge in [-0.1, -0.05) is 15.9 Å². The first-order valence-electron chi connectivity index (χ1n) is 5.00. The summed E-state index contributed by atoms with van der Waals surface area (Å²) in [6, 6.07) is 4.41. The van der Waals surface area contributed by atoms with E-state index in [1.807, 2.05) is 0 Å². The van der Waals surface area contributed by atoms with Crippen LogP contribution in [0.4, 0.5) is 10.1 Å². The maximum absolute atomic E-state index is 13.5. The number of anilines is 1. The van der Waals surface area contributed by atoms with Crippen molar-refractivity contribution >= 4 is 21.6 Å². The third-order valence-electron chi connectivity index (χ3n) is 2.39. The second-order valence-electron chi connectivity index (χ2n) is 3.71. The molecule has 0 unspecified atom stereocenters. The third kappa shape index (κ3) is 2.51. The summed E-state index contributed by atoms with van der Waals surface area (Å²) in [5.74, 6) is -0.435. The average molecular weight is 314 g/mol. The Morgan fingerprint density at radius 3 is 2.83 bits per heavy atom. The Morgan fingerprint density at radius 1 is 1.39 bits per heavy atom. The molecule has 0 aliphatic heterocycles. The number of halogens is 2. The predicted molar refractivity (Wildman–Crippen MR) is 68.9 cm³/mol. The summed E-state index contributed by atoms with van der Waals surface area (Å²) in [6.45, 7) is -0.00884. The Balaban J connectivity index is 2.46. The minimum absolute atomic E-state index is 0.00884. The van der Waals surface area contributed by atoms with E-state index in [1.165, 1.54) is 12.3 Å². The molecule has 18 heavy (non-hydrogen) atoms. The molecule has 0 fully saturated rings. The summed E-state index contributed by atoms with van der Waals surface area (Å²) in [6.07, 6.45) is 1.20. The second kappa shape index (κ2) is 4.77. The molecular weight excluding hydrogens is 305 g/mol. The number of rotatable bonds is 2. The van der Waals surface area contributed by atoms with Crippen molar-refractivity contribution in [2.75, 3.05) is 5.73 Å². The number of nitrogens with one attached hydrogen (secondary N) is 1. The van der Waals surface area contributed by atoms with E-state index >= 15 is 0 Å². The van der Waals surface area contributed by atoms with Crippen molar-refractivity contribution in [3.8, 4) is 0 Å². The van der Waals surface area contributed by atoms with Crippen LogP contribution in [0.2, 0.25) is 0 Å². The molecule has 1 aromatic heterocycles. The molecule has 1 aromatic carbocycles. The molecule has 0 saturated carbocycles. The van der Waals surface area contributed by atoms with E-state index in [0.717, 1.165) is 4.57 Å². The van der Waals surface area contributed by atoms with Crippen LogP contribution >= 0.6 is 15.9 Å². The topological polar surface area (TPSA) is 80.9 Å². The van der Waals surface area contributed by atoms with Gasteiger partial charge in [0, 0.05) is 16.2 Å². The Morgan fingerprint density at radius 2 is 2.11 bits per heavy atom. The van der Waals surface area contributed by atoms with Gasteiger partial charge in [-0.05, 0) is 18.2 Å². The second-order valence-corrected chi connectivity index (χ2v) is 4.62. The fourth-order valence-electron chi connectivity index (χ4n) is 1.49. The first-order chi connectivity index (χ1) is 8.47. The summed E-state index contributed by atoms with van der Waals surface area (Å²) >= 11 is 3.22. The molecule has 2 rings (SSSR count). The summed E-state index contributed by atoms with van der Waals surface area (Å²) < 4.78 is 15.4. The lowest BCUT2D eigenvalue weighted by Crippen LogP contribution is -2.31. The molecule has 1 heterocycles. The predicted octanol–water partition coefficient (Wildman–Crippen LogP) is 1.07. The van der Waals surface area contributed by atoms with Crippen LogP contribution in [-0.2, 0) is 6.54 Å². The van der Waals surface area contributed by atoms with Gasteiger partial charge in [-0.25, -0.2) is 9.18 Å². The van der Waals surface area contributed by atoms with E-state index in [1.54, 1.807) is 12.1 Å². The van der Waals surface area contributed by atoms with Crippen LogP contribution in [0.3, 0.4) is 0 Å². The lowest BCUT2D eigenvalue weighted by Gasteiger charge is -2.07. The highest BCUT2D eigenvalue weighted by atomic mass is 79.9. The van der Waals surface area contributed by atoms with Crippen LogP contribution in [-0.4, -0.2) is 9.55 Å². The van der Waals surface area contributed by atoms with Gasteiger partial charge in [-0.2, -0.15) is 0 Å². The Bertz CT molecular complexity index is 708. The number of nitrogen functional groups attached to an aromatic ring is 1. The molecule has 0 spiro atoms. The zero-order chi connectivity index (χ0) is 13.3. The summed E-state index contributed by atoms with van der Waals surface area (Å²) in [7, 11) is 0. The van der Waals surface area contributed by atoms with Crippen LogP contribution in [0.25, 0.3) is 0 Å². The molecule has 94 valence electrons. The van der Waals surface area contributed by atoms with Crippen LogP contribution in [0.15, 0.2) is 38.5 Å². The molecule has 0 saturated heterocycles. The van der Waals surface area contributed by atoms with Gasteiger partial charge in [0.15, 0.2) is 0 Å². The maximum Gasteiger partial charge on any atom is 0.328 e. The van der Waals surface area contributed by atoms with Crippen molar-refractivity contribution < 1.29 is 4.39 Å². The maximum atomic E-state index is 13.5. The number of hydrogen-bond acceptors (Lipinski definition) is 3. The van der Waals surface area contributed by atoms with Crippen LogP contribution < -0.4 is 17.0 Å². The largest absolute Gasteiger partial charge is 0.393 e. The molecule has 3 N–H and O–H groups in total. The standard InChI is InChI=1S/C11H9BrFN3O2/c12-7-1-2-8(13)6(3-7)4-16-5-9(14)10(17)15-11(16)18/h1-3,5H,4,14H2,(H,15,17,18). The van der Waals surface area contributed by atoms with Gasteiger partial charge in [-0.15, -0.1) is 0 Å². The monoisotopic (exact) mass is 313 g/mol. The van der Waals surface area contributed by atoms with Gasteiger partial charge >= 0.3 is 5.69 Å². The highest BCUT2D eigenvalue weighted by Crippen LogP contribution is 2.16. The van der Waals surface area contributed by atoms with Gasteiger partial charge in [0.05, 0.1) is 6.54 Å². The van der Waals surface area contributed by atoms with E-state index in [-0.39, 0.29) is 12.2 Å². The molecule has 5 nitrogen and oxygen atoms in total. The SMILES string of the molecule is Nc1cn(Cc2cc(Br)ccc2F)c(=O)[nH]c1=O. The zero-order valence-electron chi connectivity index (χ0n) is 9.11. The number of aromatic amines is 1. The quantitative estimate of drug-likeness (QED) is 0.870. The Hall–Kier alpha value is -1.89. The summed E-state index contributed by atoms with van der Waals surface area (Å²) in [5, 5.41) is 0. The zero-order valence-corrected chi connectivity index (χ0v) is 10.7. The number of H-pyrrole nitrogens is 1. The van der Waals surface area contributed by atoms with Crippen LogP contribution in [0.1, 0.15) is 5.56 Å². The van der Waals surface area contributed by atoms with Crippen LogP contribution in [0, 0.1) is 5.82 Å². The molecule has 0 aliphatic rings. The van der Waals surface area contributed by atoms with Gasteiger partial charge in [0.1, 0.15) is 11.5 Å². The number of hydrogen-bond donors (Lipinski definition) is 2. The molecule has 0 atom stereocenters. The van der Waals surface area contributed by atoms with Crippen molar-refractivity contribution in [2.24, 2.45) is 0 Å². The molecular formula is C11H9BrFN3O2. The summed E-state index contributed by atoms with van der Waals surface area (Å²) in [4.78, 5) is 24.7. The average Bonchev–Trinajstić information content (AvgIpc) is 2.30. The lowest BCUT2D eigenvalue weighted by molar-refractivity contribution is 0.592. The van der Waals surface area contributed by atoms with Crippen molar-refractivity contribution in [3.05, 3.63) is 61.1 Å². The van der Waals surface area contributed by atoms with Crippen LogP contribution in [0.5, 0.6) is 0 Å². The number of nitrogens with two attached hydrogens (primary N) is 1. The van der Waals surface area contributed by atoms with E-state index < -0.39 is 17.1 Å². The van der Waals surface area contributed by atoms with Crippen molar-refractivity contribution in [1.29, 1.82) is 0 Å². The normalized spacial score (nSPS) is 10.6. The van der Waals surface area contributed by atoms with Crippen molar-refractivity contribution in [3.63, 3.8) is 0 Å². The minimum Gasteiger partial charge on any atom is -0.393 e. The molecule has 2 aromatic rings. The minimum atomic E-state index is -0.647. The highest BCUT2D eigenvalue weighted by molar-refractivity contribution is 9.10. The molecule has 0 aliphatic carbocycles. The van der Waals surface area contributed by atoms with Gasteiger partial charge in [-0.3, -0.25) is 14.3 Å². The molecule has 0 radical (unpaired) electrons. The van der Waals surface area contributed by atoms with Crippen molar-refractivity contribution in [1.82, 2.24) is 9.55 Å². The number of benzene rings is 1. The van der Waals surface area contributed by atoms with Gasteiger partial charge in [0.25, 0.3) is 5.56 Å². The lowest BCUT2D eigenvalue weighted by atomic mass is 10.2. The smallest absolute Gasteiger partial charge is 0.328 e. The Kier molecular flexibility index (Phi) is 3.33. The van der Waals surface area contributed by atoms with Gasteiger partial charge in [0.2, 0.25) is 0 Å². The first kappa shape index (κ1) is 12.6. The Labute approximate surface area is 109 Å². The van der Waals surface area contributed by atoms with E-state index in [2.05, 4.69) is 20.9 Å². The number of nitrogens with zero attached hydrogens (tertiary/aromatic N) is 1. The van der Waals surface area contributed by atoms with Crippen molar-refractivity contribution in [2.45, 2.75) is 6.54 Å². The summed E-state index contributed by atoms with van der Waals surface area (Å²) in [5.41, 5.74) is 4.35. The van der Waals surface area contributed by atoms with E-state index in [4.69, 9.17) is 5.73 Å². The van der Waals surface area contributed by atoms with E-state index in [9.17, 15) is 14.0 Å². The molecule has 7 heteroatoms. The first-order valence-corrected chi connectivity index (χ1v) is 5.80. The highest BCUT2D eigenvalue weighted by Gasteiger charge is 2.07. The fourth-order valence-corrected chi connectivity index (χ4v) is 1.90. The number of aromatic nitrogens is 2. The van der Waals surface area contributed by atoms with Gasteiger partial charge < -0.3 is 5.73 Å². The molecule has 0 amide bonds. The third-order valence-corrected chi connectivity index (χ3v) is 2.88. The van der Waals surface area contributed by atoms with E-state index in [0.29, 0.717) is 10.0 Å². The molecule has 0 bridgehead atoms.